The molecular formula is C28H22FN3O4. The highest BCUT2D eigenvalue weighted by Crippen LogP contribution is 2.61. The van der Waals surface area contributed by atoms with Gasteiger partial charge >= 0.3 is 5.97 Å². The number of amides is 1. The van der Waals surface area contributed by atoms with E-state index in [2.05, 4.69) is 16.4 Å². The van der Waals surface area contributed by atoms with Crippen molar-refractivity contribution in [3.8, 4) is 22.9 Å². The molecule has 0 saturated heterocycles. The maximum Gasteiger partial charge on any atom is 0.327 e. The summed E-state index contributed by atoms with van der Waals surface area (Å²) < 4.78 is 19.2. The Morgan fingerprint density at radius 2 is 2.06 bits per heavy atom. The number of pyridine rings is 1. The number of nitrogens with one attached hydrogen (secondary N) is 1. The summed E-state index contributed by atoms with van der Waals surface area (Å²) in [6.07, 6.45) is 5.68. The van der Waals surface area contributed by atoms with Crippen LogP contribution in [0.1, 0.15) is 29.5 Å². The number of hydrogen-bond donors (Lipinski definition) is 2. The van der Waals surface area contributed by atoms with E-state index in [-0.39, 0.29) is 17.2 Å². The molecule has 7 nitrogen and oxygen atoms in total. The molecular weight excluding hydrogens is 461 g/mol. The van der Waals surface area contributed by atoms with E-state index < -0.39 is 11.9 Å². The summed E-state index contributed by atoms with van der Waals surface area (Å²) in [4.78, 5) is 27.9. The van der Waals surface area contributed by atoms with E-state index in [1.807, 2.05) is 18.2 Å². The molecule has 8 heteroatoms. The first-order chi connectivity index (χ1) is 17.4. The van der Waals surface area contributed by atoms with Gasteiger partial charge in [-0.05, 0) is 66.8 Å². The van der Waals surface area contributed by atoms with Gasteiger partial charge in [0.1, 0.15) is 5.75 Å². The molecule has 2 N–H and O–H groups in total. The Labute approximate surface area is 206 Å². The molecule has 1 aliphatic carbocycles. The van der Waals surface area contributed by atoms with Gasteiger partial charge in [-0.3, -0.25) is 4.79 Å². The molecule has 3 aromatic rings. The van der Waals surface area contributed by atoms with Crippen molar-refractivity contribution in [2.75, 3.05) is 11.9 Å². The highest BCUT2D eigenvalue weighted by molar-refractivity contribution is 5.97. The number of nitriles is 1. The van der Waals surface area contributed by atoms with E-state index >= 15 is 0 Å². The number of fused-ring (bicyclic) bond motifs is 2. The van der Waals surface area contributed by atoms with Crippen LogP contribution in [0.15, 0.2) is 66.9 Å². The monoisotopic (exact) mass is 483 g/mol. The number of hydrogen-bond acceptors (Lipinski definition) is 5. The van der Waals surface area contributed by atoms with Crippen LogP contribution < -0.4 is 10.1 Å². The highest BCUT2D eigenvalue weighted by Gasteiger charge is 2.61. The Kier molecular flexibility index (Phi) is 5.98. The molecule has 1 aromatic heterocycles. The maximum absolute atomic E-state index is 13.4. The van der Waals surface area contributed by atoms with E-state index in [0.717, 1.165) is 28.5 Å². The third-order valence-corrected chi connectivity index (χ3v) is 6.87. The SMILES string of the molecule is N#Cc1ccc(CC=CC(=O)O)c(NC(=O)[C@@H]2C[C@]23CCOc2ccc(-c4ccc(F)nc4)cc23)c1. The lowest BCUT2D eigenvalue weighted by atomic mass is 9.85. The van der Waals surface area contributed by atoms with Gasteiger partial charge in [0.25, 0.3) is 0 Å². The molecule has 1 fully saturated rings. The van der Waals surface area contributed by atoms with Crippen molar-refractivity contribution in [3.63, 3.8) is 0 Å². The molecule has 0 bridgehead atoms. The summed E-state index contributed by atoms with van der Waals surface area (Å²) in [6, 6.07) is 15.8. The number of rotatable bonds is 6. The van der Waals surface area contributed by atoms with Gasteiger partial charge < -0.3 is 15.2 Å². The minimum absolute atomic E-state index is 0.157. The number of anilines is 1. The van der Waals surface area contributed by atoms with Crippen LogP contribution >= 0.6 is 0 Å². The predicted molar refractivity (Wildman–Crippen MR) is 130 cm³/mol. The first-order valence-electron chi connectivity index (χ1n) is 11.5. The van der Waals surface area contributed by atoms with E-state index in [9.17, 15) is 19.2 Å². The van der Waals surface area contributed by atoms with Gasteiger partial charge in [0.15, 0.2) is 0 Å². The molecule has 180 valence electrons. The molecule has 0 unspecified atom stereocenters. The second-order valence-electron chi connectivity index (χ2n) is 9.01. The number of carbonyl (C=O) groups is 2. The molecule has 0 radical (unpaired) electrons. The standard InChI is InChI=1S/C28H22FN3O4/c29-25-9-7-20(16-31-25)19-6-8-24-21(13-19)28(10-11-36-24)14-22(28)27(35)32-23-12-17(15-30)4-5-18(23)2-1-3-26(33)34/h1,3-9,12-13,16,22H,2,10-11,14H2,(H,32,35)(H,33,34)/t22-,28-/m0/s1. The maximum atomic E-state index is 13.4. The molecule has 2 aliphatic rings. The van der Waals surface area contributed by atoms with Crippen molar-refractivity contribution in [1.82, 2.24) is 4.98 Å². The Balaban J connectivity index is 1.40. The van der Waals surface area contributed by atoms with Crippen molar-refractivity contribution >= 4 is 17.6 Å². The van der Waals surface area contributed by atoms with Crippen LogP contribution in [0.2, 0.25) is 0 Å². The lowest BCUT2D eigenvalue weighted by Gasteiger charge is -2.27. The highest BCUT2D eigenvalue weighted by atomic mass is 19.1. The van der Waals surface area contributed by atoms with Crippen molar-refractivity contribution < 1.29 is 23.8 Å². The summed E-state index contributed by atoms with van der Waals surface area (Å²) in [5.41, 5.74) is 3.84. The Hall–Kier alpha value is -4.51. The average Bonchev–Trinajstić information content (AvgIpc) is 3.60. The molecule has 36 heavy (non-hydrogen) atoms. The molecule has 2 atom stereocenters. The number of carbonyl (C=O) groups excluding carboxylic acids is 1. The van der Waals surface area contributed by atoms with Gasteiger partial charge in [-0.25, -0.2) is 9.78 Å². The van der Waals surface area contributed by atoms with Crippen LogP contribution in [0, 0.1) is 23.2 Å². The molecule has 2 aromatic carbocycles. The predicted octanol–water partition coefficient (Wildman–Crippen LogP) is 4.62. The van der Waals surface area contributed by atoms with Crippen molar-refractivity contribution in [2.24, 2.45) is 5.92 Å². The van der Waals surface area contributed by atoms with Crippen LogP contribution in [0.3, 0.4) is 0 Å². The summed E-state index contributed by atoms with van der Waals surface area (Å²) in [6.45, 7) is 0.503. The summed E-state index contributed by atoms with van der Waals surface area (Å²) >= 11 is 0. The number of carboxylic acid groups (broad SMARTS) is 1. The zero-order chi connectivity index (χ0) is 25.3. The minimum atomic E-state index is -1.05. The molecule has 1 saturated carbocycles. The van der Waals surface area contributed by atoms with Crippen LogP contribution in [-0.4, -0.2) is 28.6 Å². The number of allylic oxidation sites excluding steroid dienone is 1. The Morgan fingerprint density at radius 3 is 2.81 bits per heavy atom. The summed E-state index contributed by atoms with van der Waals surface area (Å²) in [5, 5.41) is 21.1. The topological polar surface area (TPSA) is 112 Å². The van der Waals surface area contributed by atoms with Gasteiger partial charge in [-0.1, -0.05) is 18.2 Å². The van der Waals surface area contributed by atoms with E-state index in [1.165, 1.54) is 18.3 Å². The van der Waals surface area contributed by atoms with E-state index in [1.54, 1.807) is 24.3 Å². The van der Waals surface area contributed by atoms with Crippen molar-refractivity contribution in [1.29, 1.82) is 5.26 Å². The van der Waals surface area contributed by atoms with Crippen LogP contribution in [0.5, 0.6) is 5.75 Å². The number of nitrogens with zero attached hydrogens (tertiary/aromatic N) is 2. The van der Waals surface area contributed by atoms with Gasteiger partial charge in [0.2, 0.25) is 11.9 Å². The summed E-state index contributed by atoms with van der Waals surface area (Å²) in [7, 11) is 0. The molecule has 1 amide bonds. The first kappa shape index (κ1) is 23.2. The van der Waals surface area contributed by atoms with Crippen molar-refractivity contribution in [3.05, 3.63) is 89.5 Å². The number of benzene rings is 2. The number of halogens is 1. The zero-order valence-corrected chi connectivity index (χ0v) is 19.2. The Bertz CT molecular complexity index is 1430. The number of ether oxygens (including phenoxy) is 1. The van der Waals surface area contributed by atoms with Gasteiger partial charge in [0, 0.05) is 40.4 Å². The average molecular weight is 483 g/mol. The molecule has 1 spiro atoms. The van der Waals surface area contributed by atoms with Gasteiger partial charge in [-0.2, -0.15) is 9.65 Å². The van der Waals surface area contributed by atoms with Crippen LogP contribution in [0.25, 0.3) is 11.1 Å². The third-order valence-electron chi connectivity index (χ3n) is 6.87. The number of aromatic nitrogens is 1. The van der Waals surface area contributed by atoms with Crippen molar-refractivity contribution in [2.45, 2.75) is 24.7 Å². The normalized spacial score (nSPS) is 19.8. The molecule has 2 heterocycles. The molecule has 5 rings (SSSR count). The zero-order valence-electron chi connectivity index (χ0n) is 19.2. The van der Waals surface area contributed by atoms with Gasteiger partial charge in [0.05, 0.1) is 18.2 Å². The fourth-order valence-corrected chi connectivity index (χ4v) is 4.92. The number of carboxylic acids is 1. The second kappa shape index (κ2) is 9.27. The van der Waals surface area contributed by atoms with E-state index in [0.29, 0.717) is 42.7 Å². The smallest absolute Gasteiger partial charge is 0.327 e. The lowest BCUT2D eigenvalue weighted by molar-refractivity contribution is -0.131. The molecule has 1 aliphatic heterocycles. The van der Waals surface area contributed by atoms with Crippen LogP contribution in [0.4, 0.5) is 10.1 Å². The fraction of sp³-hybridized carbons (Fsp3) is 0.214. The first-order valence-corrected chi connectivity index (χ1v) is 11.5. The van der Waals surface area contributed by atoms with Crippen LogP contribution in [-0.2, 0) is 21.4 Å². The summed E-state index contributed by atoms with van der Waals surface area (Å²) in [5.74, 6) is -1.30. The minimum Gasteiger partial charge on any atom is -0.493 e. The van der Waals surface area contributed by atoms with E-state index in [4.69, 9.17) is 9.84 Å². The fourth-order valence-electron chi connectivity index (χ4n) is 4.92. The quantitative estimate of drug-likeness (QED) is 0.391. The largest absolute Gasteiger partial charge is 0.493 e. The number of aliphatic carboxylic acids is 1. The Morgan fingerprint density at radius 1 is 1.22 bits per heavy atom. The lowest BCUT2D eigenvalue weighted by Crippen LogP contribution is -2.27. The van der Waals surface area contributed by atoms with Gasteiger partial charge in [-0.15, -0.1) is 0 Å². The second-order valence-corrected chi connectivity index (χ2v) is 9.01. The third kappa shape index (κ3) is 4.43.